The number of nitrogens with one attached hydrogen (secondary N) is 1. The molecule has 2 aromatic rings. The van der Waals surface area contributed by atoms with E-state index in [2.05, 4.69) is 5.32 Å². The maximum atomic E-state index is 12.0. The molecule has 0 aliphatic rings. The number of amides is 1. The van der Waals surface area contributed by atoms with Gasteiger partial charge in [-0.05, 0) is 36.3 Å². The van der Waals surface area contributed by atoms with Gasteiger partial charge < -0.3 is 10.1 Å². The van der Waals surface area contributed by atoms with E-state index >= 15 is 0 Å². The second kappa shape index (κ2) is 9.86. The summed E-state index contributed by atoms with van der Waals surface area (Å²) in [6, 6.07) is 12.4. The third kappa shape index (κ3) is 6.39. The molecular weight excluding hydrogens is 348 g/mol. The summed E-state index contributed by atoms with van der Waals surface area (Å²) in [6.45, 7) is 2.36. The van der Waals surface area contributed by atoms with Crippen LogP contribution in [0.3, 0.4) is 0 Å². The molecule has 7 heteroatoms. The minimum Gasteiger partial charge on any atom is -0.462 e. The number of rotatable bonds is 8. The first-order valence-corrected chi connectivity index (χ1v) is 8.50. The van der Waals surface area contributed by atoms with E-state index in [0.29, 0.717) is 23.4 Å². The van der Waals surface area contributed by atoms with Gasteiger partial charge in [-0.1, -0.05) is 31.5 Å². The van der Waals surface area contributed by atoms with E-state index in [0.717, 1.165) is 12.8 Å². The second-order valence-corrected chi connectivity index (χ2v) is 5.74. The summed E-state index contributed by atoms with van der Waals surface area (Å²) in [7, 11) is 0. The lowest BCUT2D eigenvalue weighted by Crippen LogP contribution is -2.10. The summed E-state index contributed by atoms with van der Waals surface area (Å²) in [4.78, 5) is 34.3. The van der Waals surface area contributed by atoms with Crippen LogP contribution < -0.4 is 5.32 Å². The Morgan fingerprint density at radius 1 is 1.19 bits per heavy atom. The molecule has 0 bridgehead atoms. The molecule has 140 valence electrons. The number of hydrogen-bond acceptors (Lipinski definition) is 5. The van der Waals surface area contributed by atoms with Crippen molar-refractivity contribution >= 4 is 29.3 Å². The Morgan fingerprint density at radius 3 is 2.70 bits per heavy atom. The van der Waals surface area contributed by atoms with Crippen molar-refractivity contribution in [1.82, 2.24) is 0 Å². The molecule has 0 fully saturated rings. The van der Waals surface area contributed by atoms with Gasteiger partial charge in [0, 0.05) is 23.9 Å². The smallest absolute Gasteiger partial charge is 0.338 e. The number of hydrogen-bond donors (Lipinski definition) is 1. The van der Waals surface area contributed by atoms with Gasteiger partial charge >= 0.3 is 5.97 Å². The molecule has 0 atom stereocenters. The zero-order valence-corrected chi connectivity index (χ0v) is 14.9. The van der Waals surface area contributed by atoms with Gasteiger partial charge in [0.1, 0.15) is 0 Å². The van der Waals surface area contributed by atoms with Crippen LogP contribution in [0.2, 0.25) is 0 Å². The lowest BCUT2D eigenvalue weighted by molar-refractivity contribution is -0.384. The number of esters is 1. The SMILES string of the molecule is CCCCOC(=O)c1cccc(NC(=O)/C=C/c2cccc([N+](=O)[O-])c2)c1. The van der Waals surface area contributed by atoms with Crippen LogP contribution in [-0.4, -0.2) is 23.4 Å². The average molecular weight is 368 g/mol. The molecule has 0 aliphatic heterocycles. The van der Waals surface area contributed by atoms with Crippen LogP contribution in [0.15, 0.2) is 54.6 Å². The standard InChI is InChI=1S/C20H20N2O5/c1-2-3-12-27-20(24)16-7-5-8-17(14-16)21-19(23)11-10-15-6-4-9-18(13-15)22(25)26/h4-11,13-14H,2-3,12H2,1H3,(H,21,23)/b11-10+. The topological polar surface area (TPSA) is 98.5 Å². The minimum atomic E-state index is -0.498. The van der Waals surface area contributed by atoms with Crippen molar-refractivity contribution in [2.75, 3.05) is 11.9 Å². The Hall–Kier alpha value is -3.48. The van der Waals surface area contributed by atoms with Gasteiger partial charge in [-0.2, -0.15) is 0 Å². The molecule has 0 radical (unpaired) electrons. The van der Waals surface area contributed by atoms with E-state index < -0.39 is 16.8 Å². The van der Waals surface area contributed by atoms with E-state index in [9.17, 15) is 19.7 Å². The molecule has 0 saturated carbocycles. The van der Waals surface area contributed by atoms with Crippen LogP contribution in [0.25, 0.3) is 6.08 Å². The number of anilines is 1. The lowest BCUT2D eigenvalue weighted by Gasteiger charge is -2.06. The molecule has 0 heterocycles. The highest BCUT2D eigenvalue weighted by Gasteiger charge is 2.08. The normalized spacial score (nSPS) is 10.6. The molecule has 7 nitrogen and oxygen atoms in total. The Kier molecular flexibility index (Phi) is 7.25. The Labute approximate surface area is 156 Å². The molecule has 0 saturated heterocycles. The predicted molar refractivity (Wildman–Crippen MR) is 102 cm³/mol. The Bertz CT molecular complexity index is 861. The van der Waals surface area contributed by atoms with Crippen molar-refractivity contribution < 1.29 is 19.2 Å². The molecule has 0 aliphatic carbocycles. The van der Waals surface area contributed by atoms with Crippen molar-refractivity contribution in [2.24, 2.45) is 0 Å². The van der Waals surface area contributed by atoms with Gasteiger partial charge in [0.25, 0.3) is 5.69 Å². The van der Waals surface area contributed by atoms with Crippen molar-refractivity contribution in [1.29, 1.82) is 0 Å². The van der Waals surface area contributed by atoms with Crippen LogP contribution in [0.4, 0.5) is 11.4 Å². The van der Waals surface area contributed by atoms with Crippen LogP contribution in [-0.2, 0) is 9.53 Å². The summed E-state index contributed by atoms with van der Waals surface area (Å²) in [5.74, 6) is -0.857. The van der Waals surface area contributed by atoms with Crippen LogP contribution >= 0.6 is 0 Å². The quantitative estimate of drug-likeness (QED) is 0.247. The molecule has 2 aromatic carbocycles. The first-order chi connectivity index (χ1) is 13.0. The van der Waals surface area contributed by atoms with E-state index in [1.807, 2.05) is 6.92 Å². The number of non-ortho nitro benzene ring substituents is 1. The second-order valence-electron chi connectivity index (χ2n) is 5.74. The third-order valence-corrected chi connectivity index (χ3v) is 3.61. The van der Waals surface area contributed by atoms with Crippen LogP contribution in [0.5, 0.6) is 0 Å². The first kappa shape index (κ1) is 19.8. The molecule has 1 amide bonds. The molecule has 0 aromatic heterocycles. The zero-order chi connectivity index (χ0) is 19.6. The first-order valence-electron chi connectivity index (χ1n) is 8.50. The predicted octanol–water partition coefficient (Wildman–Crippen LogP) is 4.20. The highest BCUT2D eigenvalue weighted by molar-refractivity contribution is 6.02. The Balaban J connectivity index is 1.99. The maximum Gasteiger partial charge on any atom is 0.338 e. The van der Waals surface area contributed by atoms with Crippen molar-refractivity contribution in [3.05, 3.63) is 75.8 Å². The summed E-state index contributed by atoms with van der Waals surface area (Å²) < 4.78 is 5.14. The maximum absolute atomic E-state index is 12.0. The van der Waals surface area contributed by atoms with Crippen molar-refractivity contribution in [2.45, 2.75) is 19.8 Å². The zero-order valence-electron chi connectivity index (χ0n) is 14.9. The monoisotopic (exact) mass is 368 g/mol. The van der Waals surface area contributed by atoms with E-state index in [1.54, 1.807) is 30.3 Å². The van der Waals surface area contributed by atoms with Crippen molar-refractivity contribution in [3.63, 3.8) is 0 Å². The Morgan fingerprint density at radius 2 is 1.96 bits per heavy atom. The fourth-order valence-electron chi connectivity index (χ4n) is 2.21. The van der Waals surface area contributed by atoms with Crippen LogP contribution in [0.1, 0.15) is 35.7 Å². The number of unbranched alkanes of at least 4 members (excludes halogenated alkanes) is 1. The van der Waals surface area contributed by atoms with Gasteiger partial charge in [0.2, 0.25) is 5.91 Å². The van der Waals surface area contributed by atoms with Crippen LogP contribution in [0, 0.1) is 10.1 Å². The van der Waals surface area contributed by atoms with Gasteiger partial charge in [-0.25, -0.2) is 4.79 Å². The van der Waals surface area contributed by atoms with Gasteiger partial charge in [-0.15, -0.1) is 0 Å². The summed E-state index contributed by atoms with van der Waals surface area (Å²) in [6.07, 6.45) is 4.47. The molecule has 0 unspecified atom stereocenters. The van der Waals surface area contributed by atoms with Gasteiger partial charge in [0.15, 0.2) is 0 Å². The van der Waals surface area contributed by atoms with E-state index in [4.69, 9.17) is 4.74 Å². The van der Waals surface area contributed by atoms with Crippen molar-refractivity contribution in [3.8, 4) is 0 Å². The molecule has 1 N–H and O–H groups in total. The summed E-state index contributed by atoms with van der Waals surface area (Å²) >= 11 is 0. The molecule has 27 heavy (non-hydrogen) atoms. The minimum absolute atomic E-state index is 0.0492. The average Bonchev–Trinajstić information content (AvgIpc) is 2.67. The fraction of sp³-hybridized carbons (Fsp3) is 0.200. The largest absolute Gasteiger partial charge is 0.462 e. The molecular formula is C20H20N2O5. The molecule has 2 rings (SSSR count). The highest BCUT2D eigenvalue weighted by Crippen LogP contribution is 2.15. The number of benzene rings is 2. The fourth-order valence-corrected chi connectivity index (χ4v) is 2.21. The number of nitro benzene ring substituents is 1. The van der Waals surface area contributed by atoms with E-state index in [1.165, 1.54) is 30.4 Å². The number of nitrogens with zero attached hydrogens (tertiary/aromatic N) is 1. The lowest BCUT2D eigenvalue weighted by atomic mass is 10.2. The van der Waals surface area contributed by atoms with Gasteiger partial charge in [-0.3, -0.25) is 14.9 Å². The summed E-state index contributed by atoms with van der Waals surface area (Å²) in [5, 5.41) is 13.4. The third-order valence-electron chi connectivity index (χ3n) is 3.61. The highest BCUT2D eigenvalue weighted by atomic mass is 16.6. The van der Waals surface area contributed by atoms with E-state index in [-0.39, 0.29) is 5.69 Å². The number of carbonyl (C=O) groups is 2. The van der Waals surface area contributed by atoms with Gasteiger partial charge in [0.05, 0.1) is 17.1 Å². The number of ether oxygens (including phenoxy) is 1. The number of carbonyl (C=O) groups excluding carboxylic acids is 2. The molecule has 0 spiro atoms. The summed E-state index contributed by atoms with van der Waals surface area (Å²) in [5.41, 5.74) is 1.29. The number of nitro groups is 1.